The number of aromatic nitrogens is 3. The molecule has 0 spiro atoms. The van der Waals surface area contributed by atoms with E-state index < -0.39 is 0 Å². The van der Waals surface area contributed by atoms with Gasteiger partial charge in [0.2, 0.25) is 5.91 Å². The summed E-state index contributed by atoms with van der Waals surface area (Å²) in [5.41, 5.74) is 0. The van der Waals surface area contributed by atoms with Crippen molar-refractivity contribution in [2.45, 2.75) is 51.5 Å². The molecule has 1 aromatic rings. The molecule has 1 heterocycles. The van der Waals surface area contributed by atoms with Crippen LogP contribution in [0.4, 0.5) is 0 Å². The Bertz CT molecular complexity index is 343. The van der Waals surface area contributed by atoms with Gasteiger partial charge in [0.1, 0.15) is 12.2 Å². The smallest absolute Gasteiger partial charge is 0.220 e. The third kappa shape index (κ3) is 3.54. The molecule has 5 heteroatoms. The van der Waals surface area contributed by atoms with Crippen molar-refractivity contribution >= 4 is 5.91 Å². The van der Waals surface area contributed by atoms with Crippen LogP contribution in [0, 0.1) is 5.92 Å². The lowest BCUT2D eigenvalue weighted by Gasteiger charge is -2.21. The largest absolute Gasteiger partial charge is 0.346 e. The molecular weight excluding hydrogens is 216 g/mol. The maximum atomic E-state index is 11.8. The van der Waals surface area contributed by atoms with E-state index in [9.17, 15) is 4.79 Å². The fourth-order valence-corrected chi connectivity index (χ4v) is 2.45. The molecule has 0 radical (unpaired) electrons. The maximum absolute atomic E-state index is 11.8. The zero-order valence-corrected chi connectivity index (χ0v) is 10.3. The lowest BCUT2D eigenvalue weighted by Crippen LogP contribution is -2.29. The van der Waals surface area contributed by atoms with Gasteiger partial charge >= 0.3 is 0 Å². The molecule has 2 N–H and O–H groups in total. The first kappa shape index (κ1) is 12.1. The highest BCUT2D eigenvalue weighted by Gasteiger charge is 2.18. The molecule has 1 fully saturated rings. The van der Waals surface area contributed by atoms with Gasteiger partial charge in [-0.25, -0.2) is 4.98 Å². The van der Waals surface area contributed by atoms with Crippen LogP contribution in [0.3, 0.4) is 0 Å². The molecule has 17 heavy (non-hydrogen) atoms. The highest BCUT2D eigenvalue weighted by atomic mass is 16.1. The van der Waals surface area contributed by atoms with Crippen molar-refractivity contribution in [2.24, 2.45) is 5.92 Å². The number of carbonyl (C=O) groups is 1. The average molecular weight is 236 g/mol. The minimum atomic E-state index is -0.0893. The Hall–Kier alpha value is -1.39. The molecule has 1 aliphatic carbocycles. The first-order valence-electron chi connectivity index (χ1n) is 6.40. The van der Waals surface area contributed by atoms with E-state index in [1.165, 1.54) is 38.4 Å². The zero-order chi connectivity index (χ0) is 12.1. The molecule has 1 aromatic heterocycles. The molecule has 0 bridgehead atoms. The summed E-state index contributed by atoms with van der Waals surface area (Å²) >= 11 is 0. The number of hydrogen-bond acceptors (Lipinski definition) is 3. The second-order valence-electron chi connectivity index (χ2n) is 4.87. The van der Waals surface area contributed by atoms with Crippen molar-refractivity contribution in [3.8, 4) is 0 Å². The molecule has 1 unspecified atom stereocenters. The second-order valence-corrected chi connectivity index (χ2v) is 4.87. The SMILES string of the molecule is CC(NC(=O)CC1CCCCC1)c1ncn[nH]1. The van der Waals surface area contributed by atoms with Crippen LogP contribution in [-0.4, -0.2) is 21.1 Å². The molecule has 0 saturated heterocycles. The maximum Gasteiger partial charge on any atom is 0.220 e. The Morgan fingerprint density at radius 1 is 1.53 bits per heavy atom. The number of amides is 1. The van der Waals surface area contributed by atoms with Gasteiger partial charge in [-0.2, -0.15) is 5.10 Å². The van der Waals surface area contributed by atoms with Crippen LogP contribution in [0.2, 0.25) is 0 Å². The third-order valence-electron chi connectivity index (χ3n) is 3.42. The van der Waals surface area contributed by atoms with Gasteiger partial charge in [0.05, 0.1) is 6.04 Å². The zero-order valence-electron chi connectivity index (χ0n) is 10.3. The van der Waals surface area contributed by atoms with Crippen molar-refractivity contribution in [3.63, 3.8) is 0 Å². The van der Waals surface area contributed by atoms with E-state index in [0.29, 0.717) is 18.2 Å². The molecule has 5 nitrogen and oxygen atoms in total. The Balaban J connectivity index is 1.76. The molecule has 0 aliphatic heterocycles. The topological polar surface area (TPSA) is 70.7 Å². The number of H-pyrrole nitrogens is 1. The fraction of sp³-hybridized carbons (Fsp3) is 0.750. The minimum absolute atomic E-state index is 0.0893. The van der Waals surface area contributed by atoms with E-state index in [1.54, 1.807) is 0 Å². The van der Waals surface area contributed by atoms with Gasteiger partial charge in [-0.3, -0.25) is 9.89 Å². The lowest BCUT2D eigenvalue weighted by molar-refractivity contribution is -0.122. The Kier molecular flexibility index (Phi) is 4.12. The molecule has 1 amide bonds. The summed E-state index contributed by atoms with van der Waals surface area (Å²) in [5, 5.41) is 9.51. The van der Waals surface area contributed by atoms with E-state index in [1.807, 2.05) is 6.92 Å². The van der Waals surface area contributed by atoms with Crippen LogP contribution in [0.15, 0.2) is 6.33 Å². The first-order valence-corrected chi connectivity index (χ1v) is 6.40. The van der Waals surface area contributed by atoms with Crippen LogP contribution in [-0.2, 0) is 4.79 Å². The Morgan fingerprint density at radius 3 is 2.94 bits per heavy atom. The van der Waals surface area contributed by atoms with Gasteiger partial charge in [0, 0.05) is 6.42 Å². The molecule has 94 valence electrons. The quantitative estimate of drug-likeness (QED) is 0.839. The number of rotatable bonds is 4. The molecular formula is C12H20N4O. The predicted octanol–water partition coefficient (Wildman–Crippen LogP) is 1.95. The van der Waals surface area contributed by atoms with Crippen molar-refractivity contribution in [2.75, 3.05) is 0 Å². The van der Waals surface area contributed by atoms with Crippen LogP contribution in [0.25, 0.3) is 0 Å². The monoisotopic (exact) mass is 236 g/mol. The highest BCUT2D eigenvalue weighted by Crippen LogP contribution is 2.26. The van der Waals surface area contributed by atoms with Gasteiger partial charge in [0.15, 0.2) is 0 Å². The van der Waals surface area contributed by atoms with Gasteiger partial charge in [-0.05, 0) is 25.7 Å². The highest BCUT2D eigenvalue weighted by molar-refractivity contribution is 5.76. The first-order chi connectivity index (χ1) is 8.25. The summed E-state index contributed by atoms with van der Waals surface area (Å²) in [6.45, 7) is 1.92. The predicted molar refractivity (Wildman–Crippen MR) is 64.1 cm³/mol. The minimum Gasteiger partial charge on any atom is -0.346 e. The van der Waals surface area contributed by atoms with E-state index in [2.05, 4.69) is 20.5 Å². The standard InChI is InChI=1S/C12H20N4O/c1-9(12-13-8-14-16-12)15-11(17)7-10-5-3-2-4-6-10/h8-10H,2-7H2,1H3,(H,15,17)(H,13,14,16). The number of aromatic amines is 1. The summed E-state index contributed by atoms with van der Waals surface area (Å²) < 4.78 is 0. The lowest BCUT2D eigenvalue weighted by atomic mass is 9.87. The molecule has 1 saturated carbocycles. The number of hydrogen-bond donors (Lipinski definition) is 2. The molecule has 1 atom stereocenters. The van der Waals surface area contributed by atoms with Crippen molar-refractivity contribution < 1.29 is 4.79 Å². The van der Waals surface area contributed by atoms with Crippen LogP contribution < -0.4 is 5.32 Å². The summed E-state index contributed by atoms with van der Waals surface area (Å²) in [7, 11) is 0. The second kappa shape index (κ2) is 5.80. The number of carbonyl (C=O) groups excluding carboxylic acids is 1. The molecule has 0 aromatic carbocycles. The van der Waals surface area contributed by atoms with E-state index in [-0.39, 0.29) is 11.9 Å². The van der Waals surface area contributed by atoms with Crippen LogP contribution >= 0.6 is 0 Å². The molecule has 2 rings (SSSR count). The third-order valence-corrected chi connectivity index (χ3v) is 3.42. The van der Waals surface area contributed by atoms with Crippen LogP contribution in [0.1, 0.15) is 57.3 Å². The summed E-state index contributed by atoms with van der Waals surface area (Å²) in [5.74, 6) is 1.41. The summed E-state index contributed by atoms with van der Waals surface area (Å²) in [6.07, 6.45) is 8.38. The number of nitrogens with zero attached hydrogens (tertiary/aromatic N) is 2. The number of nitrogens with one attached hydrogen (secondary N) is 2. The van der Waals surface area contributed by atoms with Gasteiger partial charge in [0.25, 0.3) is 0 Å². The van der Waals surface area contributed by atoms with Gasteiger partial charge in [-0.15, -0.1) is 0 Å². The van der Waals surface area contributed by atoms with Gasteiger partial charge < -0.3 is 5.32 Å². The summed E-state index contributed by atoms with van der Waals surface area (Å²) in [4.78, 5) is 15.9. The molecule has 1 aliphatic rings. The van der Waals surface area contributed by atoms with Crippen molar-refractivity contribution in [1.82, 2.24) is 20.5 Å². The fourth-order valence-electron chi connectivity index (χ4n) is 2.45. The van der Waals surface area contributed by atoms with E-state index in [0.717, 1.165) is 0 Å². The average Bonchev–Trinajstić information content (AvgIpc) is 2.83. The Labute approximate surface area is 101 Å². The van der Waals surface area contributed by atoms with Crippen LogP contribution in [0.5, 0.6) is 0 Å². The van der Waals surface area contributed by atoms with Crippen molar-refractivity contribution in [1.29, 1.82) is 0 Å². The van der Waals surface area contributed by atoms with E-state index in [4.69, 9.17) is 0 Å². The van der Waals surface area contributed by atoms with Gasteiger partial charge in [-0.1, -0.05) is 19.3 Å². The Morgan fingerprint density at radius 2 is 2.29 bits per heavy atom. The van der Waals surface area contributed by atoms with Crippen molar-refractivity contribution in [3.05, 3.63) is 12.2 Å². The van der Waals surface area contributed by atoms with E-state index >= 15 is 0 Å². The normalized spacial score (nSPS) is 18.9. The summed E-state index contributed by atoms with van der Waals surface area (Å²) in [6, 6.07) is -0.0893.